The van der Waals surface area contributed by atoms with E-state index in [0.717, 1.165) is 11.6 Å². The number of hydrogen-bond donors (Lipinski definition) is 2. The number of carbonyl (C=O) groups excluding carboxylic acids is 1. The van der Waals surface area contributed by atoms with Crippen LogP contribution in [0.3, 0.4) is 0 Å². The van der Waals surface area contributed by atoms with Gasteiger partial charge in [0.2, 0.25) is 0 Å². The molecule has 102 valence electrons. The molecule has 2 rings (SSSR count). The fraction of sp³-hybridized carbons (Fsp3) is 0.0667. The highest BCUT2D eigenvalue weighted by molar-refractivity contribution is 7.12. The molecule has 0 aliphatic rings. The molecular weight excluding hydrogens is 274 g/mol. The summed E-state index contributed by atoms with van der Waals surface area (Å²) in [7, 11) is 0. The number of carbonyl (C=O) groups is 2. The first-order valence-corrected chi connectivity index (χ1v) is 6.85. The van der Waals surface area contributed by atoms with Crippen molar-refractivity contribution >= 4 is 29.3 Å². The molecule has 1 heterocycles. The Morgan fingerprint density at radius 2 is 1.95 bits per heavy atom. The van der Waals surface area contributed by atoms with Gasteiger partial charge in [0.25, 0.3) is 5.91 Å². The summed E-state index contributed by atoms with van der Waals surface area (Å²) in [5.41, 5.74) is 1.63. The molecule has 20 heavy (non-hydrogen) atoms. The quantitative estimate of drug-likeness (QED) is 0.831. The van der Waals surface area contributed by atoms with Crippen LogP contribution in [-0.4, -0.2) is 17.0 Å². The van der Waals surface area contributed by atoms with Gasteiger partial charge in [-0.25, -0.2) is 4.79 Å². The number of hydrogen-bond acceptors (Lipinski definition) is 3. The summed E-state index contributed by atoms with van der Waals surface area (Å²) in [6, 6.07) is 11.3. The number of carboxylic acid groups (broad SMARTS) is 1. The predicted molar refractivity (Wildman–Crippen MR) is 78.6 cm³/mol. The highest BCUT2D eigenvalue weighted by Gasteiger charge is 2.11. The minimum atomic E-state index is -1.04. The van der Waals surface area contributed by atoms with Crippen LogP contribution < -0.4 is 5.32 Å². The molecule has 2 N–H and O–H groups in total. The largest absolute Gasteiger partial charge is 0.478 e. The van der Waals surface area contributed by atoms with Crippen molar-refractivity contribution in [3.63, 3.8) is 0 Å². The van der Waals surface area contributed by atoms with E-state index in [0.29, 0.717) is 17.0 Å². The molecule has 0 aliphatic carbocycles. The van der Waals surface area contributed by atoms with Crippen LogP contribution >= 0.6 is 11.3 Å². The van der Waals surface area contributed by atoms with Crippen LogP contribution in [0.5, 0.6) is 0 Å². The maximum atomic E-state index is 12.1. The second-order valence-electron chi connectivity index (χ2n) is 4.04. The SMILES string of the molecule is O=C(O)C=Cc1ccsc1C(=O)NCc1ccccc1. The van der Waals surface area contributed by atoms with E-state index in [1.165, 1.54) is 17.4 Å². The minimum absolute atomic E-state index is 0.200. The molecule has 1 aromatic carbocycles. The molecule has 0 unspecified atom stereocenters. The molecule has 0 atom stereocenters. The van der Waals surface area contributed by atoms with Crippen molar-refractivity contribution in [3.05, 3.63) is 63.9 Å². The molecule has 0 saturated carbocycles. The Labute approximate surface area is 120 Å². The van der Waals surface area contributed by atoms with E-state index < -0.39 is 5.97 Å². The molecule has 0 aliphatic heterocycles. The van der Waals surface area contributed by atoms with Gasteiger partial charge in [0, 0.05) is 12.6 Å². The van der Waals surface area contributed by atoms with Crippen molar-refractivity contribution in [2.24, 2.45) is 0 Å². The van der Waals surface area contributed by atoms with Crippen molar-refractivity contribution in [2.75, 3.05) is 0 Å². The number of aliphatic carboxylic acids is 1. The average molecular weight is 287 g/mol. The Hall–Kier alpha value is -2.40. The van der Waals surface area contributed by atoms with E-state index >= 15 is 0 Å². The van der Waals surface area contributed by atoms with Gasteiger partial charge >= 0.3 is 5.97 Å². The fourth-order valence-electron chi connectivity index (χ4n) is 1.65. The topological polar surface area (TPSA) is 66.4 Å². The summed E-state index contributed by atoms with van der Waals surface area (Å²) in [4.78, 5) is 23.1. The predicted octanol–water partition coefficient (Wildman–Crippen LogP) is 2.78. The smallest absolute Gasteiger partial charge is 0.328 e. The summed E-state index contributed by atoms with van der Waals surface area (Å²) in [6.07, 6.45) is 2.45. The number of nitrogens with one attached hydrogen (secondary N) is 1. The molecule has 0 bridgehead atoms. The van der Waals surface area contributed by atoms with Gasteiger partial charge in [-0.2, -0.15) is 0 Å². The number of benzene rings is 1. The van der Waals surface area contributed by atoms with Crippen LogP contribution in [-0.2, 0) is 11.3 Å². The second kappa shape index (κ2) is 6.68. The number of amides is 1. The Bertz CT molecular complexity index is 632. The van der Waals surface area contributed by atoms with Gasteiger partial charge in [0.15, 0.2) is 0 Å². The van der Waals surface area contributed by atoms with Crippen LogP contribution in [0.2, 0.25) is 0 Å². The van der Waals surface area contributed by atoms with Crippen molar-refractivity contribution in [3.8, 4) is 0 Å². The van der Waals surface area contributed by atoms with Gasteiger partial charge in [-0.05, 0) is 28.6 Å². The third-order valence-electron chi connectivity index (χ3n) is 2.60. The zero-order valence-electron chi connectivity index (χ0n) is 10.6. The van der Waals surface area contributed by atoms with E-state index in [9.17, 15) is 9.59 Å². The lowest BCUT2D eigenvalue weighted by molar-refractivity contribution is -0.131. The van der Waals surface area contributed by atoms with Crippen molar-refractivity contribution in [1.82, 2.24) is 5.32 Å². The number of rotatable bonds is 5. The van der Waals surface area contributed by atoms with Gasteiger partial charge in [0.05, 0.1) is 4.88 Å². The maximum absolute atomic E-state index is 12.1. The Morgan fingerprint density at radius 1 is 1.20 bits per heavy atom. The Kier molecular flexibility index (Phi) is 4.68. The van der Waals surface area contributed by atoms with Crippen LogP contribution in [0.1, 0.15) is 20.8 Å². The highest BCUT2D eigenvalue weighted by Crippen LogP contribution is 2.18. The van der Waals surface area contributed by atoms with Gasteiger partial charge in [0.1, 0.15) is 0 Å². The summed E-state index contributed by atoms with van der Waals surface area (Å²) < 4.78 is 0. The number of carboxylic acids is 1. The number of thiophene rings is 1. The van der Waals surface area contributed by atoms with Crippen LogP contribution in [0.15, 0.2) is 47.9 Å². The molecule has 0 saturated heterocycles. The highest BCUT2D eigenvalue weighted by atomic mass is 32.1. The molecule has 0 spiro atoms. The molecule has 1 amide bonds. The fourth-order valence-corrected chi connectivity index (χ4v) is 2.46. The molecular formula is C15H13NO3S. The normalized spacial score (nSPS) is 10.6. The van der Waals surface area contributed by atoms with E-state index in [4.69, 9.17) is 5.11 Å². The third-order valence-corrected chi connectivity index (χ3v) is 3.53. The molecule has 4 nitrogen and oxygen atoms in total. The van der Waals surface area contributed by atoms with Crippen LogP contribution in [0, 0.1) is 0 Å². The third kappa shape index (κ3) is 3.80. The van der Waals surface area contributed by atoms with Crippen molar-refractivity contribution in [2.45, 2.75) is 6.54 Å². The first-order chi connectivity index (χ1) is 9.66. The van der Waals surface area contributed by atoms with Gasteiger partial charge in [-0.3, -0.25) is 4.79 Å². The Morgan fingerprint density at radius 3 is 2.65 bits per heavy atom. The van der Waals surface area contributed by atoms with Gasteiger partial charge < -0.3 is 10.4 Å². The minimum Gasteiger partial charge on any atom is -0.478 e. The molecule has 1 aromatic heterocycles. The van der Waals surface area contributed by atoms with E-state index in [1.807, 2.05) is 30.3 Å². The van der Waals surface area contributed by atoms with Crippen molar-refractivity contribution in [1.29, 1.82) is 0 Å². The van der Waals surface area contributed by atoms with Gasteiger partial charge in [-0.15, -0.1) is 11.3 Å². The lowest BCUT2D eigenvalue weighted by Crippen LogP contribution is -2.22. The van der Waals surface area contributed by atoms with Crippen LogP contribution in [0.4, 0.5) is 0 Å². The van der Waals surface area contributed by atoms with E-state index in [2.05, 4.69) is 5.32 Å². The monoisotopic (exact) mass is 287 g/mol. The molecule has 2 aromatic rings. The summed E-state index contributed by atoms with van der Waals surface area (Å²) in [6.45, 7) is 0.444. The zero-order valence-corrected chi connectivity index (χ0v) is 11.4. The maximum Gasteiger partial charge on any atom is 0.328 e. The molecule has 0 fully saturated rings. The summed E-state index contributed by atoms with van der Waals surface area (Å²) in [5.74, 6) is -1.24. The Balaban J connectivity index is 2.03. The second-order valence-corrected chi connectivity index (χ2v) is 4.96. The summed E-state index contributed by atoms with van der Waals surface area (Å²) >= 11 is 1.29. The lowest BCUT2D eigenvalue weighted by atomic mass is 10.2. The van der Waals surface area contributed by atoms with Gasteiger partial charge in [-0.1, -0.05) is 30.3 Å². The van der Waals surface area contributed by atoms with Crippen molar-refractivity contribution < 1.29 is 14.7 Å². The molecule has 0 radical (unpaired) electrons. The standard InChI is InChI=1S/C15H13NO3S/c17-13(18)7-6-12-8-9-20-14(12)15(19)16-10-11-4-2-1-3-5-11/h1-9H,10H2,(H,16,19)(H,17,18). The van der Waals surface area contributed by atoms with E-state index in [-0.39, 0.29) is 5.91 Å². The van der Waals surface area contributed by atoms with Crippen LogP contribution in [0.25, 0.3) is 6.08 Å². The van der Waals surface area contributed by atoms with E-state index in [1.54, 1.807) is 11.4 Å². The molecule has 5 heteroatoms. The average Bonchev–Trinajstić information content (AvgIpc) is 2.92. The first-order valence-electron chi connectivity index (χ1n) is 5.97. The lowest BCUT2D eigenvalue weighted by Gasteiger charge is -2.04. The summed E-state index contributed by atoms with van der Waals surface area (Å²) in [5, 5.41) is 13.2. The first kappa shape index (κ1) is 14.0. The zero-order chi connectivity index (χ0) is 14.4.